The molecule has 0 fully saturated rings. The van der Waals surface area contributed by atoms with Crippen LogP contribution in [0.4, 0.5) is 0 Å². The molecule has 0 aromatic rings. The molecule has 0 aliphatic carbocycles. The molecular formula is C6H10ClNO3. The Morgan fingerprint density at radius 3 is 2.27 bits per heavy atom. The molecule has 64 valence electrons. The van der Waals surface area contributed by atoms with Gasteiger partial charge in [0, 0.05) is 20.5 Å². The highest BCUT2D eigenvalue weighted by Gasteiger charge is 2.08. The minimum Gasteiger partial charge on any atom is -0.349 e. The molecule has 0 bridgehead atoms. The van der Waals surface area contributed by atoms with Gasteiger partial charge >= 0.3 is 5.97 Å². The van der Waals surface area contributed by atoms with Crippen molar-refractivity contribution in [2.75, 3.05) is 14.1 Å². The van der Waals surface area contributed by atoms with Gasteiger partial charge in [0.1, 0.15) is 11.9 Å². The van der Waals surface area contributed by atoms with Gasteiger partial charge in [-0.15, -0.1) is 0 Å². The quantitative estimate of drug-likeness (QED) is 0.636. The molecule has 0 saturated heterocycles. The number of nitrogens with zero attached hydrogens (tertiary/aromatic N) is 1. The van der Waals surface area contributed by atoms with E-state index >= 15 is 0 Å². The number of carbonyl (C=O) groups is 2. The van der Waals surface area contributed by atoms with Crippen LogP contribution >= 0.6 is 11.9 Å². The van der Waals surface area contributed by atoms with E-state index in [1.165, 1.54) is 4.90 Å². The fraction of sp³-hybridized carbons (Fsp3) is 0.667. The molecule has 0 radical (unpaired) electrons. The lowest BCUT2D eigenvalue weighted by molar-refractivity contribution is -0.137. The van der Waals surface area contributed by atoms with Crippen molar-refractivity contribution in [2.24, 2.45) is 0 Å². The molecule has 0 N–H and O–H groups in total. The average molecular weight is 180 g/mol. The molecule has 0 aromatic carbocycles. The van der Waals surface area contributed by atoms with Gasteiger partial charge in [-0.3, -0.25) is 9.59 Å². The molecule has 4 nitrogen and oxygen atoms in total. The first-order valence-electron chi connectivity index (χ1n) is 3.09. The van der Waals surface area contributed by atoms with Crippen LogP contribution in [-0.4, -0.2) is 30.9 Å². The van der Waals surface area contributed by atoms with Crippen LogP contribution < -0.4 is 0 Å². The largest absolute Gasteiger partial charge is 0.349 e. The summed E-state index contributed by atoms with van der Waals surface area (Å²) in [5, 5.41) is 0. The molecule has 0 rings (SSSR count). The topological polar surface area (TPSA) is 46.6 Å². The number of carbonyl (C=O) groups excluding carboxylic acids is 2. The molecule has 1 amide bonds. The number of amides is 1. The zero-order valence-electron chi connectivity index (χ0n) is 6.46. The summed E-state index contributed by atoms with van der Waals surface area (Å²) in [4.78, 5) is 22.7. The Morgan fingerprint density at radius 1 is 1.36 bits per heavy atom. The zero-order valence-corrected chi connectivity index (χ0v) is 7.22. The van der Waals surface area contributed by atoms with Crippen molar-refractivity contribution in [1.29, 1.82) is 0 Å². The fourth-order valence-electron chi connectivity index (χ4n) is 0.471. The van der Waals surface area contributed by atoms with E-state index in [9.17, 15) is 9.59 Å². The van der Waals surface area contributed by atoms with Gasteiger partial charge in [-0.05, 0) is 0 Å². The number of hydrogen-bond donors (Lipinski definition) is 0. The van der Waals surface area contributed by atoms with E-state index in [1.807, 2.05) is 0 Å². The molecule has 0 saturated carbocycles. The first-order chi connectivity index (χ1) is 5.07. The van der Waals surface area contributed by atoms with Gasteiger partial charge in [-0.1, -0.05) is 0 Å². The number of rotatable bonds is 3. The predicted molar refractivity (Wildman–Crippen MR) is 39.9 cm³/mol. The van der Waals surface area contributed by atoms with Crippen molar-refractivity contribution in [3.63, 3.8) is 0 Å². The monoisotopic (exact) mass is 179 g/mol. The summed E-state index contributed by atoms with van der Waals surface area (Å²) in [5.41, 5.74) is 0. The van der Waals surface area contributed by atoms with Crippen molar-refractivity contribution >= 4 is 23.7 Å². The predicted octanol–water partition coefficient (Wildman–Crippen LogP) is 0.552. The Kier molecular flexibility index (Phi) is 4.61. The Hall–Kier alpha value is -0.770. The van der Waals surface area contributed by atoms with Gasteiger partial charge in [-0.25, -0.2) is 0 Å². The van der Waals surface area contributed by atoms with Gasteiger partial charge in [0.2, 0.25) is 5.91 Å². The van der Waals surface area contributed by atoms with E-state index in [0.717, 1.165) is 0 Å². The molecular weight excluding hydrogens is 170 g/mol. The van der Waals surface area contributed by atoms with Crippen molar-refractivity contribution in [1.82, 2.24) is 4.90 Å². The van der Waals surface area contributed by atoms with Crippen LogP contribution in [0.25, 0.3) is 0 Å². The van der Waals surface area contributed by atoms with Crippen molar-refractivity contribution in [3.05, 3.63) is 0 Å². The third kappa shape index (κ3) is 4.61. The number of hydrogen-bond acceptors (Lipinski definition) is 3. The second kappa shape index (κ2) is 4.96. The fourth-order valence-corrected chi connectivity index (χ4v) is 0.548. The number of halogens is 1. The molecule has 0 aliphatic heterocycles. The Labute approximate surface area is 70.2 Å². The lowest BCUT2D eigenvalue weighted by Crippen LogP contribution is -2.22. The van der Waals surface area contributed by atoms with Crippen LogP contribution in [0.1, 0.15) is 12.8 Å². The molecule has 11 heavy (non-hydrogen) atoms. The highest BCUT2D eigenvalue weighted by Crippen LogP contribution is 1.97. The lowest BCUT2D eigenvalue weighted by atomic mass is 10.3. The summed E-state index contributed by atoms with van der Waals surface area (Å²) in [5.74, 6) is -0.700. The van der Waals surface area contributed by atoms with Crippen LogP contribution in [0, 0.1) is 0 Å². The molecule has 0 aliphatic rings. The average Bonchev–Trinajstić information content (AvgIpc) is 1.99. The molecule has 5 heteroatoms. The molecule has 0 unspecified atom stereocenters. The van der Waals surface area contributed by atoms with E-state index < -0.39 is 5.97 Å². The van der Waals surface area contributed by atoms with E-state index in [4.69, 9.17) is 11.9 Å². The van der Waals surface area contributed by atoms with E-state index in [0.29, 0.717) is 0 Å². The van der Waals surface area contributed by atoms with Crippen LogP contribution in [0.3, 0.4) is 0 Å². The van der Waals surface area contributed by atoms with Gasteiger partial charge in [-0.2, -0.15) is 0 Å². The smallest absolute Gasteiger partial charge is 0.325 e. The van der Waals surface area contributed by atoms with Gasteiger partial charge in [0.15, 0.2) is 0 Å². The van der Waals surface area contributed by atoms with Crippen molar-refractivity contribution < 1.29 is 13.9 Å². The molecule has 0 spiro atoms. The Balaban J connectivity index is 3.54. The van der Waals surface area contributed by atoms with Gasteiger partial charge < -0.3 is 9.19 Å². The molecule has 0 heterocycles. The second-order valence-electron chi connectivity index (χ2n) is 2.24. The second-order valence-corrected chi connectivity index (χ2v) is 2.39. The molecule has 0 atom stereocenters. The summed E-state index contributed by atoms with van der Waals surface area (Å²) < 4.78 is 3.84. The van der Waals surface area contributed by atoms with E-state index in [-0.39, 0.29) is 18.7 Å². The van der Waals surface area contributed by atoms with Crippen LogP contribution in [-0.2, 0) is 13.9 Å². The summed E-state index contributed by atoms with van der Waals surface area (Å²) in [7, 11) is 3.24. The van der Waals surface area contributed by atoms with Crippen LogP contribution in [0.5, 0.6) is 0 Å². The zero-order chi connectivity index (χ0) is 8.85. The third-order valence-corrected chi connectivity index (χ3v) is 1.30. The minimum absolute atomic E-state index is 0.0283. The Morgan fingerprint density at radius 2 is 1.91 bits per heavy atom. The Bertz CT molecular complexity index is 158. The van der Waals surface area contributed by atoms with Crippen molar-refractivity contribution in [2.45, 2.75) is 12.8 Å². The summed E-state index contributed by atoms with van der Waals surface area (Å²) in [6.07, 6.45) is 0.166. The summed E-state index contributed by atoms with van der Waals surface area (Å²) in [6.45, 7) is 0. The van der Waals surface area contributed by atoms with Crippen LogP contribution in [0.2, 0.25) is 0 Å². The highest BCUT2D eigenvalue weighted by atomic mass is 35.5. The normalized spacial score (nSPS) is 9.00. The minimum atomic E-state index is -0.582. The molecule has 0 aromatic heterocycles. The summed E-state index contributed by atoms with van der Waals surface area (Å²) in [6, 6.07) is 0. The van der Waals surface area contributed by atoms with E-state index in [1.54, 1.807) is 14.1 Å². The van der Waals surface area contributed by atoms with E-state index in [2.05, 4.69) is 4.29 Å². The third-order valence-electron chi connectivity index (χ3n) is 1.13. The lowest BCUT2D eigenvalue weighted by Gasteiger charge is -2.07. The maximum Gasteiger partial charge on any atom is 0.325 e. The van der Waals surface area contributed by atoms with Crippen molar-refractivity contribution in [3.8, 4) is 0 Å². The standard InChI is InChI=1S/C6H10ClNO3/c1-8(2)5(9)3-4-6(10)11-7/h3-4H2,1-2H3. The maximum atomic E-state index is 10.8. The maximum absolute atomic E-state index is 10.8. The van der Waals surface area contributed by atoms with Gasteiger partial charge in [0.05, 0.1) is 6.42 Å². The van der Waals surface area contributed by atoms with Crippen LogP contribution in [0.15, 0.2) is 0 Å². The summed E-state index contributed by atoms with van der Waals surface area (Å²) >= 11 is 4.74. The highest BCUT2D eigenvalue weighted by molar-refractivity contribution is 6.13. The first kappa shape index (κ1) is 10.2. The van der Waals surface area contributed by atoms with Gasteiger partial charge in [0.25, 0.3) is 0 Å². The SMILES string of the molecule is CN(C)C(=O)CCC(=O)OCl. The first-order valence-corrected chi connectivity index (χ1v) is 3.40.